The molecule has 0 heterocycles. The first-order chi connectivity index (χ1) is 28.9. The second-order valence-electron chi connectivity index (χ2n) is 13.7. The highest BCUT2D eigenvalue weighted by Gasteiger charge is 2.23. The molecule has 19 nitrogen and oxygen atoms in total. The van der Waals surface area contributed by atoms with E-state index >= 15 is 0 Å². The van der Waals surface area contributed by atoms with Crippen molar-refractivity contribution in [1.29, 1.82) is 0 Å². The van der Waals surface area contributed by atoms with Crippen LogP contribution < -0.4 is 9.47 Å². The molecule has 0 aliphatic carbocycles. The molecule has 0 atom stereocenters. The lowest BCUT2D eigenvalue weighted by Crippen LogP contribution is -2.09. The lowest BCUT2D eigenvalue weighted by molar-refractivity contribution is -0.117. The van der Waals surface area contributed by atoms with Crippen LogP contribution >= 0.6 is 0 Å². The Bertz CT molecular complexity index is 3150. The predicted molar refractivity (Wildman–Crippen MR) is 223 cm³/mol. The van der Waals surface area contributed by atoms with Gasteiger partial charge in [-0.05, 0) is 73.5 Å². The van der Waals surface area contributed by atoms with Gasteiger partial charge in [-0.3, -0.25) is 23.0 Å². The summed E-state index contributed by atoms with van der Waals surface area (Å²) in [6, 6.07) is 17.6. The van der Waals surface area contributed by atoms with Crippen molar-refractivity contribution in [2.75, 3.05) is 14.2 Å². The number of Topliss-reactive ketones (excluding diaryl/α,β-unsaturated/α-hetero) is 1. The molecule has 324 valence electrons. The molecule has 0 amide bonds. The quantitative estimate of drug-likeness (QED) is 0.0598. The van der Waals surface area contributed by atoms with Gasteiger partial charge >= 0.3 is 0 Å². The Morgan fingerprint density at radius 3 is 1.16 bits per heavy atom. The van der Waals surface area contributed by atoms with E-state index in [-0.39, 0.29) is 74.4 Å². The molecule has 23 heteroatoms. The largest absolute Gasteiger partial charge is 0.496 e. The highest BCUT2D eigenvalue weighted by atomic mass is 32.2. The average molecular weight is 927 g/mol. The molecule has 6 rings (SSSR count). The fourth-order valence-corrected chi connectivity index (χ4v) is 9.51. The van der Waals surface area contributed by atoms with Gasteiger partial charge in [0, 0.05) is 57.6 Å². The molecule has 0 saturated heterocycles. The van der Waals surface area contributed by atoms with Gasteiger partial charge in [0.05, 0.1) is 37.0 Å². The van der Waals surface area contributed by atoms with Gasteiger partial charge < -0.3 is 9.47 Å². The van der Waals surface area contributed by atoms with Crippen molar-refractivity contribution in [3.8, 4) is 11.5 Å². The molecule has 0 saturated carbocycles. The minimum Gasteiger partial charge on any atom is -0.496 e. The van der Waals surface area contributed by atoms with E-state index in [4.69, 9.17) is 9.47 Å². The summed E-state index contributed by atoms with van der Waals surface area (Å²) in [7, 11) is -16.7. The SMILES string of the molecule is COc1cc(N=Nc2cc(S(=O)(=O)O)c3cccc(S(=O)(=O)O)c3c2)c(C)cc1CC(=O)Cc1cc(C)c(N=Nc2cc(S(=O)(=O)O)c3cccc(S(=O)(=O)O)c3c2)cc1OC. The van der Waals surface area contributed by atoms with Crippen molar-refractivity contribution in [3.63, 3.8) is 0 Å². The number of carbonyl (C=O) groups is 1. The number of fused-ring (bicyclic) bond motifs is 2. The van der Waals surface area contributed by atoms with E-state index in [0.717, 1.165) is 24.3 Å². The molecule has 0 unspecified atom stereocenters. The first-order valence-corrected chi connectivity index (χ1v) is 23.4. The summed E-state index contributed by atoms with van der Waals surface area (Å²) in [5.41, 5.74) is 2.09. The van der Waals surface area contributed by atoms with Crippen LogP contribution in [0.25, 0.3) is 21.5 Å². The molecule has 0 bridgehead atoms. The second-order valence-corrected chi connectivity index (χ2v) is 19.2. The molecule has 0 aliphatic heterocycles. The Morgan fingerprint density at radius 1 is 0.484 bits per heavy atom. The molecular formula is C39H34N4O15S4. The maximum Gasteiger partial charge on any atom is 0.295 e. The number of hydrogen-bond donors (Lipinski definition) is 4. The van der Waals surface area contributed by atoms with Crippen LogP contribution in [0.4, 0.5) is 22.7 Å². The van der Waals surface area contributed by atoms with E-state index in [2.05, 4.69) is 20.5 Å². The van der Waals surface area contributed by atoms with Gasteiger partial charge in [0.15, 0.2) is 0 Å². The maximum absolute atomic E-state index is 13.5. The fraction of sp³-hybridized carbons (Fsp3) is 0.154. The molecular weight excluding hydrogens is 893 g/mol. The van der Waals surface area contributed by atoms with Crippen LogP contribution in [-0.2, 0) is 58.1 Å². The van der Waals surface area contributed by atoms with E-state index in [1.54, 1.807) is 26.0 Å². The van der Waals surface area contributed by atoms with Crippen LogP contribution in [0.5, 0.6) is 11.5 Å². The zero-order chi connectivity index (χ0) is 45.5. The normalized spacial score (nSPS) is 12.8. The van der Waals surface area contributed by atoms with Crippen LogP contribution in [0.1, 0.15) is 22.3 Å². The summed E-state index contributed by atoms with van der Waals surface area (Å²) in [6.07, 6.45) is -0.231. The third-order valence-corrected chi connectivity index (χ3v) is 13.0. The van der Waals surface area contributed by atoms with Crippen molar-refractivity contribution in [1.82, 2.24) is 0 Å². The van der Waals surface area contributed by atoms with Gasteiger partial charge in [0.25, 0.3) is 40.5 Å². The van der Waals surface area contributed by atoms with Gasteiger partial charge in [-0.25, -0.2) is 0 Å². The first-order valence-electron chi connectivity index (χ1n) is 17.6. The van der Waals surface area contributed by atoms with Gasteiger partial charge in [0.2, 0.25) is 0 Å². The number of ketones is 1. The van der Waals surface area contributed by atoms with Crippen molar-refractivity contribution in [2.45, 2.75) is 46.3 Å². The highest BCUT2D eigenvalue weighted by molar-refractivity contribution is 7.87. The zero-order valence-corrected chi connectivity index (χ0v) is 36.0. The molecule has 6 aromatic carbocycles. The highest BCUT2D eigenvalue weighted by Crippen LogP contribution is 2.38. The van der Waals surface area contributed by atoms with Crippen molar-refractivity contribution >= 4 is 90.6 Å². The Morgan fingerprint density at radius 2 is 0.839 bits per heavy atom. The minimum absolute atomic E-state index is 0.116. The number of carbonyl (C=O) groups excluding carboxylic acids is 1. The van der Waals surface area contributed by atoms with Crippen LogP contribution in [0.15, 0.2) is 125 Å². The van der Waals surface area contributed by atoms with E-state index < -0.39 is 60.1 Å². The topological polar surface area (TPSA) is 302 Å². The molecule has 62 heavy (non-hydrogen) atoms. The maximum atomic E-state index is 13.5. The Hall–Kier alpha value is -6.05. The number of nitrogens with zero attached hydrogens (tertiary/aromatic N) is 4. The second kappa shape index (κ2) is 17.0. The molecule has 0 aromatic heterocycles. The Balaban J connectivity index is 1.26. The summed E-state index contributed by atoms with van der Waals surface area (Å²) in [4.78, 5) is 10.9. The van der Waals surface area contributed by atoms with E-state index in [0.29, 0.717) is 22.3 Å². The number of ether oxygens (including phenoxy) is 2. The number of rotatable bonds is 14. The van der Waals surface area contributed by atoms with Gasteiger partial charge in [0.1, 0.15) is 36.9 Å². The van der Waals surface area contributed by atoms with Crippen LogP contribution in [0, 0.1) is 13.8 Å². The standard InChI is InChI=1S/C39H34N4O15S4/c1-21-11-23(34(57-3)19-32(21)42-40-25-15-30-28(38(17-25)61(51,52)53)7-5-9-36(30)59(45,46)47)13-27(44)14-24-12-22(2)33(20-35(24)58-4)43-41-26-16-31-29(39(18-26)62(54,55)56)8-6-10-37(31)60(48,49)50/h5-12,15-20H,13-14H2,1-4H3,(H,45,46,47)(H,48,49,50)(H,51,52,53)(H,54,55,56). The van der Waals surface area contributed by atoms with Crippen molar-refractivity contribution in [3.05, 3.63) is 107 Å². The van der Waals surface area contributed by atoms with Gasteiger partial charge in [-0.15, -0.1) is 0 Å². The van der Waals surface area contributed by atoms with E-state index in [1.807, 2.05) is 0 Å². The lowest BCUT2D eigenvalue weighted by Gasteiger charge is -2.13. The minimum atomic E-state index is -4.89. The predicted octanol–water partition coefficient (Wildman–Crippen LogP) is 7.80. The van der Waals surface area contributed by atoms with Gasteiger partial charge in [-0.1, -0.05) is 24.3 Å². The summed E-state index contributed by atoms with van der Waals surface area (Å²) < 4.78 is 147. The third kappa shape index (κ3) is 9.85. The average Bonchev–Trinajstić information content (AvgIpc) is 3.17. The van der Waals surface area contributed by atoms with Crippen LogP contribution in [-0.4, -0.2) is 71.9 Å². The van der Waals surface area contributed by atoms with E-state index in [1.165, 1.54) is 62.8 Å². The number of hydrogen-bond acceptors (Lipinski definition) is 15. The van der Waals surface area contributed by atoms with Gasteiger partial charge in [-0.2, -0.15) is 54.1 Å². The van der Waals surface area contributed by atoms with E-state index in [9.17, 15) is 56.7 Å². The number of benzene rings is 6. The monoisotopic (exact) mass is 926 g/mol. The smallest absolute Gasteiger partial charge is 0.295 e. The van der Waals surface area contributed by atoms with Crippen molar-refractivity contribution < 1.29 is 66.2 Å². The number of methoxy groups -OCH3 is 2. The molecule has 0 fully saturated rings. The number of aryl methyl sites for hydroxylation is 2. The van der Waals surface area contributed by atoms with Crippen LogP contribution in [0.2, 0.25) is 0 Å². The lowest BCUT2D eigenvalue weighted by atomic mass is 9.98. The fourth-order valence-electron chi connectivity index (χ4n) is 6.67. The summed E-state index contributed by atoms with van der Waals surface area (Å²) >= 11 is 0. The summed E-state index contributed by atoms with van der Waals surface area (Å²) in [5.74, 6) is 0.227. The Labute approximate surface area is 354 Å². The molecule has 4 N–H and O–H groups in total. The van der Waals surface area contributed by atoms with Crippen LogP contribution in [0.3, 0.4) is 0 Å². The molecule has 0 aliphatic rings. The van der Waals surface area contributed by atoms with Crippen molar-refractivity contribution in [2.24, 2.45) is 20.5 Å². The summed E-state index contributed by atoms with van der Waals surface area (Å²) in [6.45, 7) is 3.33. The zero-order valence-electron chi connectivity index (χ0n) is 32.7. The molecule has 0 radical (unpaired) electrons. The molecule has 0 spiro atoms. The molecule has 6 aromatic rings. The summed E-state index contributed by atoms with van der Waals surface area (Å²) in [5, 5.41) is 15.7. The first kappa shape index (κ1) is 45.5. The number of azo groups is 2. The third-order valence-electron chi connectivity index (χ3n) is 9.44. The Kier molecular flexibility index (Phi) is 12.5.